The number of hydrogen-bond acceptors (Lipinski definition) is 3. The van der Waals surface area contributed by atoms with Crippen LogP contribution in [0, 0.1) is 0 Å². The van der Waals surface area contributed by atoms with Crippen molar-refractivity contribution in [3.05, 3.63) is 35.9 Å². The number of carbonyl (C=O) groups is 1. The van der Waals surface area contributed by atoms with Crippen LogP contribution in [0.2, 0.25) is 0 Å². The lowest BCUT2D eigenvalue weighted by atomic mass is 10.0. The summed E-state index contributed by atoms with van der Waals surface area (Å²) in [6.45, 7) is -0.0233. The smallest absolute Gasteiger partial charge is 0.355 e. The van der Waals surface area contributed by atoms with Crippen LogP contribution >= 0.6 is 11.8 Å². The fourth-order valence-electron chi connectivity index (χ4n) is 1.45. The van der Waals surface area contributed by atoms with Gasteiger partial charge in [0.15, 0.2) is 0 Å². The molecule has 1 aromatic carbocycles. The number of nitrogens with two attached hydrogens (primary N) is 1. The molecule has 0 spiro atoms. The molecule has 0 heterocycles. The zero-order chi connectivity index (χ0) is 14.3. The van der Waals surface area contributed by atoms with E-state index in [4.69, 9.17) is 5.73 Å². The van der Waals surface area contributed by atoms with Crippen LogP contribution in [0.25, 0.3) is 0 Å². The van der Waals surface area contributed by atoms with Crippen molar-refractivity contribution in [2.45, 2.75) is 18.0 Å². The number of rotatable bonds is 6. The van der Waals surface area contributed by atoms with Crippen LogP contribution in [0.4, 0.5) is 13.2 Å². The van der Waals surface area contributed by atoms with Crippen LogP contribution in [0.1, 0.15) is 18.0 Å². The molecular weight excluding hydrogens is 277 g/mol. The Balaban J connectivity index is 2.24. The van der Waals surface area contributed by atoms with Crippen LogP contribution in [0.3, 0.4) is 0 Å². The van der Waals surface area contributed by atoms with Gasteiger partial charge in [-0.15, -0.1) is 0 Å². The molecule has 0 saturated carbocycles. The van der Waals surface area contributed by atoms with E-state index in [1.807, 2.05) is 18.2 Å². The van der Waals surface area contributed by atoms with Crippen molar-refractivity contribution in [1.82, 2.24) is 5.32 Å². The number of amides is 1. The van der Waals surface area contributed by atoms with Crippen molar-refractivity contribution < 1.29 is 18.0 Å². The van der Waals surface area contributed by atoms with Gasteiger partial charge in [-0.2, -0.15) is 13.2 Å². The zero-order valence-electron chi connectivity index (χ0n) is 10.1. The molecule has 1 rings (SSSR count). The van der Waals surface area contributed by atoms with Crippen molar-refractivity contribution in [3.8, 4) is 0 Å². The molecule has 1 aromatic rings. The van der Waals surface area contributed by atoms with Crippen LogP contribution in [-0.2, 0) is 4.79 Å². The van der Waals surface area contributed by atoms with Gasteiger partial charge in [0.05, 0.1) is 0 Å². The van der Waals surface area contributed by atoms with Gasteiger partial charge in [-0.1, -0.05) is 30.3 Å². The maximum absolute atomic E-state index is 11.8. The minimum Gasteiger partial charge on any atom is -0.355 e. The first kappa shape index (κ1) is 15.8. The number of nitrogens with one attached hydrogen (secondary N) is 1. The van der Waals surface area contributed by atoms with Gasteiger partial charge in [0.25, 0.3) is 0 Å². The highest BCUT2D eigenvalue weighted by molar-refractivity contribution is 8.00. The van der Waals surface area contributed by atoms with E-state index in [1.165, 1.54) is 0 Å². The maximum Gasteiger partial charge on any atom is 0.441 e. The highest BCUT2D eigenvalue weighted by Crippen LogP contribution is 2.29. The third kappa shape index (κ3) is 7.07. The van der Waals surface area contributed by atoms with E-state index in [-0.39, 0.29) is 36.4 Å². The summed E-state index contributed by atoms with van der Waals surface area (Å²) < 4.78 is 35.5. The van der Waals surface area contributed by atoms with E-state index in [0.29, 0.717) is 0 Å². The van der Waals surface area contributed by atoms with Crippen LogP contribution in [-0.4, -0.2) is 23.7 Å². The molecule has 0 fully saturated rings. The standard InChI is InChI=1S/C12H15F3N2OS/c13-12(14,15)19-7-6-17-11(18)8-10(16)9-4-2-1-3-5-9/h1-5,10H,6-8,16H2,(H,17,18). The average molecular weight is 292 g/mol. The molecule has 1 amide bonds. The topological polar surface area (TPSA) is 55.1 Å². The molecule has 0 aliphatic carbocycles. The molecule has 0 aliphatic rings. The molecule has 1 atom stereocenters. The number of carbonyl (C=O) groups excluding carboxylic acids is 1. The lowest BCUT2D eigenvalue weighted by Crippen LogP contribution is -2.29. The first-order chi connectivity index (χ1) is 8.88. The Bertz CT molecular complexity index is 398. The third-order valence-corrected chi connectivity index (χ3v) is 3.06. The molecular formula is C12H15F3N2OS. The fourth-order valence-corrected chi connectivity index (χ4v) is 1.88. The van der Waals surface area contributed by atoms with Gasteiger partial charge in [-0.3, -0.25) is 4.79 Å². The van der Waals surface area contributed by atoms with E-state index < -0.39 is 11.6 Å². The molecule has 19 heavy (non-hydrogen) atoms. The quantitative estimate of drug-likeness (QED) is 0.792. The normalized spacial score (nSPS) is 13.1. The third-order valence-electron chi connectivity index (χ3n) is 2.32. The highest BCUT2D eigenvalue weighted by Gasteiger charge is 2.27. The SMILES string of the molecule is NC(CC(=O)NCCSC(F)(F)F)c1ccccc1. The molecule has 3 N–H and O–H groups in total. The lowest BCUT2D eigenvalue weighted by Gasteiger charge is -2.12. The van der Waals surface area contributed by atoms with Crippen molar-refractivity contribution >= 4 is 17.7 Å². The minimum absolute atomic E-state index is 0.0233. The van der Waals surface area contributed by atoms with Crippen molar-refractivity contribution in [1.29, 1.82) is 0 Å². The number of hydrogen-bond donors (Lipinski definition) is 2. The van der Waals surface area contributed by atoms with E-state index in [2.05, 4.69) is 5.32 Å². The van der Waals surface area contributed by atoms with Gasteiger partial charge in [-0.25, -0.2) is 0 Å². The Morgan fingerprint density at radius 1 is 1.32 bits per heavy atom. The van der Waals surface area contributed by atoms with Gasteiger partial charge in [0.1, 0.15) is 0 Å². The molecule has 0 aromatic heterocycles. The van der Waals surface area contributed by atoms with Crippen LogP contribution < -0.4 is 11.1 Å². The van der Waals surface area contributed by atoms with Gasteiger partial charge in [0.2, 0.25) is 5.91 Å². The second kappa shape index (κ2) is 7.40. The first-order valence-corrected chi connectivity index (χ1v) is 6.65. The fraction of sp³-hybridized carbons (Fsp3) is 0.417. The summed E-state index contributed by atoms with van der Waals surface area (Å²) in [5, 5.41) is 2.42. The number of halogens is 3. The average Bonchev–Trinajstić information content (AvgIpc) is 2.34. The summed E-state index contributed by atoms with van der Waals surface area (Å²) in [6.07, 6.45) is 0.0562. The number of thioether (sulfide) groups is 1. The predicted molar refractivity (Wildman–Crippen MR) is 69.5 cm³/mol. The monoisotopic (exact) mass is 292 g/mol. The van der Waals surface area contributed by atoms with Gasteiger partial charge in [-0.05, 0) is 17.3 Å². The Hall–Kier alpha value is -1.21. The van der Waals surface area contributed by atoms with Gasteiger partial charge >= 0.3 is 5.51 Å². The lowest BCUT2D eigenvalue weighted by molar-refractivity contribution is -0.121. The van der Waals surface area contributed by atoms with Crippen LogP contribution in [0.5, 0.6) is 0 Å². The molecule has 3 nitrogen and oxygen atoms in total. The van der Waals surface area contributed by atoms with E-state index in [9.17, 15) is 18.0 Å². The van der Waals surface area contributed by atoms with E-state index in [1.54, 1.807) is 12.1 Å². The molecule has 106 valence electrons. The Morgan fingerprint density at radius 2 is 1.95 bits per heavy atom. The van der Waals surface area contributed by atoms with Gasteiger partial charge < -0.3 is 11.1 Å². The highest BCUT2D eigenvalue weighted by atomic mass is 32.2. The van der Waals surface area contributed by atoms with Crippen molar-refractivity contribution in [3.63, 3.8) is 0 Å². The summed E-state index contributed by atoms with van der Waals surface area (Å²) in [5.41, 5.74) is 2.39. The van der Waals surface area contributed by atoms with E-state index >= 15 is 0 Å². The Labute approximate surface area is 113 Å². The van der Waals surface area contributed by atoms with E-state index in [0.717, 1.165) is 5.56 Å². The summed E-state index contributed by atoms with van der Waals surface area (Å²) in [5.74, 6) is -0.547. The van der Waals surface area contributed by atoms with Crippen LogP contribution in [0.15, 0.2) is 30.3 Å². The Morgan fingerprint density at radius 3 is 2.53 bits per heavy atom. The number of benzene rings is 1. The molecule has 0 aliphatic heterocycles. The zero-order valence-corrected chi connectivity index (χ0v) is 10.9. The van der Waals surface area contributed by atoms with Crippen molar-refractivity contribution in [2.75, 3.05) is 12.3 Å². The first-order valence-electron chi connectivity index (χ1n) is 5.66. The second-order valence-corrected chi connectivity index (χ2v) is 5.03. The molecule has 0 saturated heterocycles. The largest absolute Gasteiger partial charge is 0.441 e. The Kier molecular flexibility index (Phi) is 6.17. The van der Waals surface area contributed by atoms with Gasteiger partial charge in [0, 0.05) is 24.8 Å². The second-order valence-electron chi connectivity index (χ2n) is 3.87. The summed E-state index contributed by atoms with van der Waals surface area (Å²) in [6, 6.07) is 8.62. The predicted octanol–water partition coefficient (Wildman–Crippen LogP) is 2.45. The number of alkyl halides is 3. The summed E-state index contributed by atoms with van der Waals surface area (Å²) in [7, 11) is 0. The molecule has 0 radical (unpaired) electrons. The molecule has 0 bridgehead atoms. The maximum atomic E-state index is 11.8. The minimum atomic E-state index is -4.26. The summed E-state index contributed by atoms with van der Waals surface area (Å²) >= 11 is -0.155. The molecule has 1 unspecified atom stereocenters. The van der Waals surface area contributed by atoms with Crippen molar-refractivity contribution in [2.24, 2.45) is 5.73 Å². The summed E-state index contributed by atoms with van der Waals surface area (Å²) in [4.78, 5) is 11.5. The molecule has 7 heteroatoms.